The highest BCUT2D eigenvalue weighted by Crippen LogP contribution is 2.38. The van der Waals surface area contributed by atoms with Gasteiger partial charge in [0.25, 0.3) is 0 Å². The summed E-state index contributed by atoms with van der Waals surface area (Å²) < 4.78 is 2.07. The molecule has 2 rings (SSSR count). The molecule has 2 atom stereocenters. The van der Waals surface area contributed by atoms with E-state index in [0.29, 0.717) is 6.04 Å². The van der Waals surface area contributed by atoms with Gasteiger partial charge in [-0.15, -0.1) is 0 Å². The molecule has 0 aromatic carbocycles. The summed E-state index contributed by atoms with van der Waals surface area (Å²) in [7, 11) is 2.08. The van der Waals surface area contributed by atoms with Crippen LogP contribution in [-0.4, -0.2) is 22.4 Å². The van der Waals surface area contributed by atoms with Gasteiger partial charge >= 0.3 is 0 Å². The molecule has 108 valence electrons. The second kappa shape index (κ2) is 6.56. The van der Waals surface area contributed by atoms with E-state index in [4.69, 9.17) is 0 Å². The van der Waals surface area contributed by atoms with Crippen molar-refractivity contribution in [2.45, 2.75) is 58.9 Å². The molecular weight excluding hydrogens is 234 g/mol. The molecule has 1 aliphatic rings. The first-order chi connectivity index (χ1) is 9.15. The van der Waals surface area contributed by atoms with Gasteiger partial charge in [-0.25, -0.2) is 0 Å². The van der Waals surface area contributed by atoms with Gasteiger partial charge in [-0.3, -0.25) is 4.68 Å². The van der Waals surface area contributed by atoms with Gasteiger partial charge in [0, 0.05) is 25.2 Å². The highest BCUT2D eigenvalue weighted by atomic mass is 15.3. The third kappa shape index (κ3) is 3.82. The summed E-state index contributed by atoms with van der Waals surface area (Å²) in [4.78, 5) is 0. The second-order valence-corrected chi connectivity index (χ2v) is 6.07. The van der Waals surface area contributed by atoms with E-state index in [1.807, 2.05) is 0 Å². The molecule has 0 bridgehead atoms. The standard InChI is InChI=1S/C16H29N3/c1-5-9-17-16(12(3)13-7-8-13)11-15-10-14(6-2)18-19(15)4/h10,12-13,16-17H,5-9,11H2,1-4H3. The summed E-state index contributed by atoms with van der Waals surface area (Å²) in [5.41, 5.74) is 2.59. The minimum Gasteiger partial charge on any atom is -0.313 e. The van der Waals surface area contributed by atoms with Gasteiger partial charge in [0.15, 0.2) is 0 Å². The van der Waals surface area contributed by atoms with E-state index in [1.165, 1.54) is 30.7 Å². The van der Waals surface area contributed by atoms with Gasteiger partial charge in [-0.2, -0.15) is 5.10 Å². The van der Waals surface area contributed by atoms with Gasteiger partial charge < -0.3 is 5.32 Å². The van der Waals surface area contributed by atoms with E-state index in [1.54, 1.807) is 0 Å². The average molecular weight is 263 g/mol. The van der Waals surface area contributed by atoms with Crippen molar-refractivity contribution in [2.24, 2.45) is 18.9 Å². The topological polar surface area (TPSA) is 29.9 Å². The lowest BCUT2D eigenvalue weighted by Crippen LogP contribution is -2.38. The molecule has 0 radical (unpaired) electrons. The normalized spacial score (nSPS) is 18.5. The van der Waals surface area contributed by atoms with Crippen molar-refractivity contribution in [1.82, 2.24) is 15.1 Å². The molecule has 19 heavy (non-hydrogen) atoms. The second-order valence-electron chi connectivity index (χ2n) is 6.07. The minimum atomic E-state index is 0.604. The van der Waals surface area contributed by atoms with Crippen LogP contribution in [0.25, 0.3) is 0 Å². The first-order valence-electron chi connectivity index (χ1n) is 7.90. The van der Waals surface area contributed by atoms with Gasteiger partial charge in [0.1, 0.15) is 0 Å². The van der Waals surface area contributed by atoms with E-state index in [0.717, 1.165) is 31.2 Å². The maximum Gasteiger partial charge on any atom is 0.0624 e. The summed E-state index contributed by atoms with van der Waals surface area (Å²) in [6.07, 6.45) is 6.20. The molecule has 1 saturated carbocycles. The molecule has 1 N–H and O–H groups in total. The minimum absolute atomic E-state index is 0.604. The lowest BCUT2D eigenvalue weighted by Gasteiger charge is -2.25. The lowest BCUT2D eigenvalue weighted by molar-refractivity contribution is 0.335. The summed E-state index contributed by atoms with van der Waals surface area (Å²) in [6.45, 7) is 7.96. The maximum atomic E-state index is 4.57. The summed E-state index contributed by atoms with van der Waals surface area (Å²) in [5.74, 6) is 1.74. The van der Waals surface area contributed by atoms with E-state index < -0.39 is 0 Å². The fourth-order valence-corrected chi connectivity index (χ4v) is 2.88. The summed E-state index contributed by atoms with van der Waals surface area (Å²) in [5, 5.41) is 8.32. The highest BCUT2D eigenvalue weighted by Gasteiger charge is 2.33. The molecule has 0 amide bonds. The Morgan fingerprint density at radius 1 is 1.42 bits per heavy atom. The molecule has 1 aromatic rings. The predicted molar refractivity (Wildman–Crippen MR) is 80.3 cm³/mol. The van der Waals surface area contributed by atoms with Crippen LogP contribution in [0.1, 0.15) is 51.4 Å². The zero-order chi connectivity index (χ0) is 13.8. The molecule has 0 spiro atoms. The van der Waals surface area contributed by atoms with Gasteiger partial charge in [-0.1, -0.05) is 20.8 Å². The lowest BCUT2D eigenvalue weighted by atomic mass is 9.92. The SMILES string of the molecule is CCCNC(Cc1cc(CC)nn1C)C(C)C1CC1. The summed E-state index contributed by atoms with van der Waals surface area (Å²) >= 11 is 0. The smallest absolute Gasteiger partial charge is 0.0624 e. The quantitative estimate of drug-likeness (QED) is 0.781. The van der Waals surface area contributed by atoms with E-state index in [-0.39, 0.29) is 0 Å². The molecule has 2 unspecified atom stereocenters. The predicted octanol–water partition coefficient (Wildman–Crippen LogP) is 2.94. The zero-order valence-electron chi connectivity index (χ0n) is 12.9. The van der Waals surface area contributed by atoms with Crippen LogP contribution in [0.3, 0.4) is 0 Å². The van der Waals surface area contributed by atoms with Crippen LogP contribution in [-0.2, 0) is 19.9 Å². The van der Waals surface area contributed by atoms with Crippen molar-refractivity contribution in [3.63, 3.8) is 0 Å². The summed E-state index contributed by atoms with van der Waals surface area (Å²) in [6, 6.07) is 2.88. The van der Waals surface area contributed by atoms with Crippen LogP contribution in [0.4, 0.5) is 0 Å². The number of hydrogen-bond donors (Lipinski definition) is 1. The third-order valence-corrected chi connectivity index (χ3v) is 4.48. The Kier molecular flexibility index (Phi) is 5.03. The Balaban J connectivity index is 2.02. The number of rotatable bonds is 8. The molecule has 1 aliphatic carbocycles. The van der Waals surface area contributed by atoms with Crippen LogP contribution in [0.15, 0.2) is 6.07 Å². The number of aryl methyl sites for hydroxylation is 2. The molecule has 3 nitrogen and oxygen atoms in total. The Labute approximate surface area is 117 Å². The van der Waals surface area contributed by atoms with E-state index in [9.17, 15) is 0 Å². The van der Waals surface area contributed by atoms with Gasteiger partial charge in [-0.05, 0) is 50.1 Å². The highest BCUT2D eigenvalue weighted by molar-refractivity contribution is 5.12. The zero-order valence-corrected chi connectivity index (χ0v) is 12.9. The largest absolute Gasteiger partial charge is 0.313 e. The molecule has 1 heterocycles. The molecular formula is C16H29N3. The van der Waals surface area contributed by atoms with Crippen molar-refractivity contribution in [3.05, 3.63) is 17.5 Å². The van der Waals surface area contributed by atoms with Crippen LogP contribution < -0.4 is 5.32 Å². The van der Waals surface area contributed by atoms with Gasteiger partial charge in [0.05, 0.1) is 5.69 Å². The Hall–Kier alpha value is -0.830. The van der Waals surface area contributed by atoms with Crippen LogP contribution in [0.5, 0.6) is 0 Å². The molecule has 3 heteroatoms. The maximum absolute atomic E-state index is 4.57. The Bertz CT molecular complexity index is 393. The van der Waals surface area contributed by atoms with Crippen molar-refractivity contribution in [1.29, 1.82) is 0 Å². The third-order valence-electron chi connectivity index (χ3n) is 4.48. The number of hydrogen-bond acceptors (Lipinski definition) is 2. The molecule has 1 aromatic heterocycles. The first kappa shape index (κ1) is 14.6. The fraction of sp³-hybridized carbons (Fsp3) is 0.812. The van der Waals surface area contributed by atoms with E-state index in [2.05, 4.69) is 49.0 Å². The fourth-order valence-electron chi connectivity index (χ4n) is 2.88. The number of aromatic nitrogens is 2. The van der Waals surface area contributed by atoms with Crippen LogP contribution in [0, 0.1) is 11.8 Å². The molecule has 0 saturated heterocycles. The number of nitrogens with zero attached hydrogens (tertiary/aromatic N) is 2. The van der Waals surface area contributed by atoms with Crippen molar-refractivity contribution in [2.75, 3.05) is 6.54 Å². The van der Waals surface area contributed by atoms with Crippen LogP contribution >= 0.6 is 0 Å². The van der Waals surface area contributed by atoms with Crippen molar-refractivity contribution >= 4 is 0 Å². The van der Waals surface area contributed by atoms with Crippen molar-refractivity contribution in [3.8, 4) is 0 Å². The average Bonchev–Trinajstić information content (AvgIpc) is 3.19. The van der Waals surface area contributed by atoms with E-state index >= 15 is 0 Å². The molecule has 0 aliphatic heterocycles. The molecule has 1 fully saturated rings. The van der Waals surface area contributed by atoms with Gasteiger partial charge in [0.2, 0.25) is 0 Å². The number of nitrogens with one attached hydrogen (secondary N) is 1. The first-order valence-corrected chi connectivity index (χ1v) is 7.90. The van der Waals surface area contributed by atoms with Crippen molar-refractivity contribution < 1.29 is 0 Å². The monoisotopic (exact) mass is 263 g/mol. The van der Waals surface area contributed by atoms with Crippen LogP contribution in [0.2, 0.25) is 0 Å². The Morgan fingerprint density at radius 3 is 2.68 bits per heavy atom. The Morgan fingerprint density at radius 2 is 2.16 bits per heavy atom.